The summed E-state index contributed by atoms with van der Waals surface area (Å²) in [6.07, 6.45) is 2.33. The first-order chi connectivity index (χ1) is 9.66. The highest BCUT2D eigenvalue weighted by molar-refractivity contribution is 9.10. The zero-order chi connectivity index (χ0) is 14.1. The number of halogens is 1. The molecule has 2 aromatic rings. The van der Waals surface area contributed by atoms with Crippen molar-refractivity contribution in [2.75, 3.05) is 0 Å². The molecule has 1 aromatic heterocycles. The Bertz CT molecular complexity index is 596. The van der Waals surface area contributed by atoms with E-state index in [1.807, 2.05) is 29.8 Å². The zero-order valence-corrected chi connectivity index (χ0v) is 13.5. The highest BCUT2D eigenvalue weighted by Crippen LogP contribution is 2.42. The number of aromatic nitrogens is 4. The van der Waals surface area contributed by atoms with Crippen molar-refractivity contribution in [2.45, 2.75) is 42.3 Å². The lowest BCUT2D eigenvalue weighted by molar-refractivity contribution is 0.563. The van der Waals surface area contributed by atoms with Crippen LogP contribution < -0.4 is 5.73 Å². The van der Waals surface area contributed by atoms with E-state index in [0.717, 1.165) is 22.5 Å². The first kappa shape index (κ1) is 14.0. The molecule has 106 valence electrons. The molecule has 2 atom stereocenters. The Morgan fingerprint density at radius 2 is 2.15 bits per heavy atom. The van der Waals surface area contributed by atoms with Gasteiger partial charge in [-0.15, -0.1) is 5.10 Å². The average molecular weight is 354 g/mol. The summed E-state index contributed by atoms with van der Waals surface area (Å²) in [4.78, 5) is 0. The fourth-order valence-electron chi connectivity index (χ4n) is 2.08. The molecule has 1 heterocycles. The van der Waals surface area contributed by atoms with Gasteiger partial charge in [0.1, 0.15) is 0 Å². The largest absolute Gasteiger partial charge is 0.327 e. The highest BCUT2D eigenvalue weighted by Gasteiger charge is 2.30. The van der Waals surface area contributed by atoms with Crippen LogP contribution in [-0.2, 0) is 0 Å². The Kier molecular flexibility index (Phi) is 4.09. The summed E-state index contributed by atoms with van der Waals surface area (Å²) in [5.74, 6) is 0. The van der Waals surface area contributed by atoms with E-state index in [2.05, 4.69) is 37.5 Å². The molecule has 2 N–H and O–H groups in total. The smallest absolute Gasteiger partial charge is 0.210 e. The number of tetrazole rings is 1. The molecule has 3 rings (SSSR count). The van der Waals surface area contributed by atoms with Crippen LogP contribution in [0.25, 0.3) is 0 Å². The van der Waals surface area contributed by atoms with E-state index in [1.165, 1.54) is 5.56 Å². The van der Waals surface area contributed by atoms with Gasteiger partial charge < -0.3 is 5.73 Å². The maximum atomic E-state index is 6.18. The van der Waals surface area contributed by atoms with Gasteiger partial charge in [-0.1, -0.05) is 45.9 Å². The maximum absolute atomic E-state index is 6.18. The SMILES string of the molecule is CC(N)C(Sc1nnnn1C1CC1)c1ccccc1Br. The van der Waals surface area contributed by atoms with Gasteiger partial charge in [0.25, 0.3) is 0 Å². The molecule has 0 saturated heterocycles. The van der Waals surface area contributed by atoms with Gasteiger partial charge in [0.15, 0.2) is 0 Å². The third kappa shape index (κ3) is 2.89. The maximum Gasteiger partial charge on any atom is 0.210 e. The van der Waals surface area contributed by atoms with Crippen molar-refractivity contribution < 1.29 is 0 Å². The molecule has 7 heteroatoms. The lowest BCUT2D eigenvalue weighted by atomic mass is 10.1. The van der Waals surface area contributed by atoms with Gasteiger partial charge in [-0.3, -0.25) is 0 Å². The predicted octanol–water partition coefficient (Wildman–Crippen LogP) is 2.95. The molecule has 0 spiro atoms. The van der Waals surface area contributed by atoms with Crippen LogP contribution in [-0.4, -0.2) is 26.2 Å². The molecule has 0 aliphatic heterocycles. The number of hydrogen-bond acceptors (Lipinski definition) is 5. The van der Waals surface area contributed by atoms with Crippen molar-refractivity contribution >= 4 is 27.7 Å². The normalized spacial score (nSPS) is 17.9. The molecule has 2 unspecified atom stereocenters. The van der Waals surface area contributed by atoms with Crippen molar-refractivity contribution in [1.82, 2.24) is 20.2 Å². The van der Waals surface area contributed by atoms with Crippen LogP contribution in [0, 0.1) is 0 Å². The van der Waals surface area contributed by atoms with Gasteiger partial charge in [-0.05, 0) is 41.8 Å². The molecule has 0 bridgehead atoms. The summed E-state index contributed by atoms with van der Waals surface area (Å²) in [5, 5.41) is 13.0. The summed E-state index contributed by atoms with van der Waals surface area (Å²) in [6.45, 7) is 2.02. The van der Waals surface area contributed by atoms with Gasteiger partial charge in [0.2, 0.25) is 5.16 Å². The molecule has 0 radical (unpaired) electrons. The Morgan fingerprint density at radius 3 is 2.80 bits per heavy atom. The van der Waals surface area contributed by atoms with Crippen LogP contribution in [0.4, 0.5) is 0 Å². The number of nitrogens with zero attached hydrogens (tertiary/aromatic N) is 4. The van der Waals surface area contributed by atoms with Crippen LogP contribution in [0.15, 0.2) is 33.9 Å². The van der Waals surface area contributed by atoms with E-state index >= 15 is 0 Å². The standard InChI is InChI=1S/C13H16BrN5S/c1-8(15)12(10-4-2-3-5-11(10)14)20-13-16-17-18-19(13)9-6-7-9/h2-5,8-9,12H,6-7,15H2,1H3. The van der Waals surface area contributed by atoms with Crippen molar-refractivity contribution in [3.05, 3.63) is 34.3 Å². The molecular weight excluding hydrogens is 338 g/mol. The minimum atomic E-state index is 0.00283. The van der Waals surface area contributed by atoms with E-state index in [1.54, 1.807) is 11.8 Å². The zero-order valence-electron chi connectivity index (χ0n) is 11.1. The second-order valence-corrected chi connectivity index (χ2v) is 7.02. The molecule has 1 fully saturated rings. The molecule has 20 heavy (non-hydrogen) atoms. The number of nitrogens with two attached hydrogens (primary N) is 1. The number of benzene rings is 1. The van der Waals surface area contributed by atoms with Gasteiger partial charge in [-0.2, -0.15) is 0 Å². The first-order valence-corrected chi connectivity index (χ1v) is 8.28. The Morgan fingerprint density at radius 1 is 1.40 bits per heavy atom. The topological polar surface area (TPSA) is 69.6 Å². The number of hydrogen-bond donors (Lipinski definition) is 1. The lowest BCUT2D eigenvalue weighted by Gasteiger charge is -2.21. The van der Waals surface area contributed by atoms with E-state index in [0.29, 0.717) is 6.04 Å². The van der Waals surface area contributed by atoms with Crippen molar-refractivity contribution in [2.24, 2.45) is 5.73 Å². The van der Waals surface area contributed by atoms with Crippen LogP contribution in [0.1, 0.15) is 36.6 Å². The van der Waals surface area contributed by atoms with Gasteiger partial charge in [0, 0.05) is 10.5 Å². The minimum absolute atomic E-state index is 0.00283. The van der Waals surface area contributed by atoms with Gasteiger partial charge in [0.05, 0.1) is 11.3 Å². The Balaban J connectivity index is 1.88. The van der Waals surface area contributed by atoms with Crippen LogP contribution >= 0.6 is 27.7 Å². The third-order valence-corrected chi connectivity index (χ3v) is 5.42. The van der Waals surface area contributed by atoms with Crippen molar-refractivity contribution in [3.63, 3.8) is 0 Å². The van der Waals surface area contributed by atoms with Crippen LogP contribution in [0.5, 0.6) is 0 Å². The Hall–Kier alpha value is -0.920. The summed E-state index contributed by atoms with van der Waals surface area (Å²) in [6, 6.07) is 8.64. The summed E-state index contributed by atoms with van der Waals surface area (Å²) in [5.41, 5.74) is 7.36. The molecule has 0 amide bonds. The summed E-state index contributed by atoms with van der Waals surface area (Å²) in [7, 11) is 0. The second-order valence-electron chi connectivity index (χ2n) is 5.06. The third-order valence-electron chi connectivity index (χ3n) is 3.28. The number of thioether (sulfide) groups is 1. The van der Waals surface area contributed by atoms with Gasteiger partial charge in [-0.25, -0.2) is 4.68 Å². The van der Waals surface area contributed by atoms with E-state index in [-0.39, 0.29) is 11.3 Å². The fourth-order valence-corrected chi connectivity index (χ4v) is 3.92. The second kappa shape index (κ2) is 5.83. The molecule has 1 aromatic carbocycles. The highest BCUT2D eigenvalue weighted by atomic mass is 79.9. The van der Waals surface area contributed by atoms with Gasteiger partial charge >= 0.3 is 0 Å². The monoisotopic (exact) mass is 353 g/mol. The quantitative estimate of drug-likeness (QED) is 0.836. The predicted molar refractivity (Wildman–Crippen MR) is 82.5 cm³/mol. The van der Waals surface area contributed by atoms with E-state index in [9.17, 15) is 0 Å². The van der Waals surface area contributed by atoms with E-state index < -0.39 is 0 Å². The molecule has 1 saturated carbocycles. The molecular formula is C13H16BrN5S. The minimum Gasteiger partial charge on any atom is -0.327 e. The summed E-state index contributed by atoms with van der Waals surface area (Å²) < 4.78 is 3.00. The fraction of sp³-hybridized carbons (Fsp3) is 0.462. The number of rotatable bonds is 5. The van der Waals surface area contributed by atoms with Crippen molar-refractivity contribution in [3.8, 4) is 0 Å². The molecule has 5 nitrogen and oxygen atoms in total. The molecule has 1 aliphatic carbocycles. The van der Waals surface area contributed by atoms with Crippen molar-refractivity contribution in [1.29, 1.82) is 0 Å². The van der Waals surface area contributed by atoms with Crippen LogP contribution in [0.3, 0.4) is 0 Å². The average Bonchev–Trinajstić information content (AvgIpc) is 3.16. The first-order valence-electron chi connectivity index (χ1n) is 6.61. The molecule has 1 aliphatic rings. The summed E-state index contributed by atoms with van der Waals surface area (Å²) >= 11 is 5.24. The Labute approximate surface area is 130 Å². The van der Waals surface area contributed by atoms with Crippen LogP contribution in [0.2, 0.25) is 0 Å². The lowest BCUT2D eigenvalue weighted by Crippen LogP contribution is -2.23. The van der Waals surface area contributed by atoms with E-state index in [4.69, 9.17) is 5.73 Å².